The van der Waals surface area contributed by atoms with Gasteiger partial charge in [0, 0.05) is 0 Å². The number of methoxy groups -OCH3 is 2. The molecule has 0 heterocycles. The van der Waals surface area contributed by atoms with Crippen LogP contribution in [-0.2, 0) is 14.3 Å². The average Bonchev–Trinajstić information content (AvgIpc) is 2.28. The minimum absolute atomic E-state index is 0.426. The molecule has 1 aromatic carbocycles. The third kappa shape index (κ3) is 2.70. The van der Waals surface area contributed by atoms with Gasteiger partial charge in [-0.1, -0.05) is 12.1 Å². The number of para-hydroxylation sites is 2. The molecule has 5 nitrogen and oxygen atoms in total. The van der Waals surface area contributed by atoms with Crippen molar-refractivity contribution >= 4 is 17.6 Å². The Hall–Kier alpha value is -2.04. The van der Waals surface area contributed by atoms with Crippen molar-refractivity contribution in [1.29, 1.82) is 0 Å². The Morgan fingerprint density at radius 3 is 2.47 bits per heavy atom. The lowest BCUT2D eigenvalue weighted by Crippen LogP contribution is -2.24. The summed E-state index contributed by atoms with van der Waals surface area (Å²) in [5, 5.41) is 2.37. The number of ether oxygens (including phenoxy) is 2. The molecule has 0 saturated heterocycles. The van der Waals surface area contributed by atoms with Gasteiger partial charge in [-0.15, -0.1) is 0 Å². The summed E-state index contributed by atoms with van der Waals surface area (Å²) in [7, 11) is 2.62. The van der Waals surface area contributed by atoms with E-state index in [1.165, 1.54) is 7.11 Å². The highest BCUT2D eigenvalue weighted by Gasteiger charge is 2.15. The third-order valence-corrected chi connectivity index (χ3v) is 1.73. The van der Waals surface area contributed by atoms with Gasteiger partial charge in [-0.05, 0) is 12.1 Å². The second-order valence-electron chi connectivity index (χ2n) is 2.65. The van der Waals surface area contributed by atoms with E-state index in [4.69, 9.17) is 4.74 Å². The monoisotopic (exact) mass is 209 g/mol. The van der Waals surface area contributed by atoms with Crippen molar-refractivity contribution in [2.24, 2.45) is 0 Å². The Balaban J connectivity index is 2.80. The SMILES string of the molecule is COC(=O)C(=O)Nc1ccccc1OC. The van der Waals surface area contributed by atoms with E-state index in [-0.39, 0.29) is 0 Å². The Labute approximate surface area is 87.0 Å². The Morgan fingerprint density at radius 1 is 1.20 bits per heavy atom. The number of amides is 1. The Bertz CT molecular complexity index is 375. The molecular formula is C10H11NO4. The topological polar surface area (TPSA) is 64.6 Å². The number of hydrogen-bond acceptors (Lipinski definition) is 4. The van der Waals surface area contributed by atoms with Gasteiger partial charge < -0.3 is 14.8 Å². The summed E-state index contributed by atoms with van der Waals surface area (Å²) in [4.78, 5) is 22.0. The highest BCUT2D eigenvalue weighted by Crippen LogP contribution is 2.22. The fraction of sp³-hybridized carbons (Fsp3) is 0.200. The maximum absolute atomic E-state index is 11.2. The molecule has 1 amide bonds. The van der Waals surface area contributed by atoms with Crippen molar-refractivity contribution in [2.75, 3.05) is 19.5 Å². The van der Waals surface area contributed by atoms with Crippen LogP contribution in [0.3, 0.4) is 0 Å². The van der Waals surface area contributed by atoms with Gasteiger partial charge in [-0.3, -0.25) is 4.79 Å². The molecule has 0 fully saturated rings. The number of anilines is 1. The number of esters is 1. The molecule has 1 N–H and O–H groups in total. The van der Waals surface area contributed by atoms with Crippen LogP contribution in [-0.4, -0.2) is 26.1 Å². The molecule has 0 unspecified atom stereocenters. The predicted octanol–water partition coefficient (Wildman–Crippen LogP) is 0.807. The van der Waals surface area contributed by atoms with Gasteiger partial charge in [-0.2, -0.15) is 0 Å². The van der Waals surface area contributed by atoms with Crippen LogP contribution in [0.1, 0.15) is 0 Å². The zero-order valence-corrected chi connectivity index (χ0v) is 8.44. The van der Waals surface area contributed by atoms with Crippen molar-refractivity contribution in [2.45, 2.75) is 0 Å². The van der Waals surface area contributed by atoms with Crippen molar-refractivity contribution in [1.82, 2.24) is 0 Å². The van der Waals surface area contributed by atoms with E-state index in [9.17, 15) is 9.59 Å². The van der Waals surface area contributed by atoms with Gasteiger partial charge in [0.2, 0.25) is 0 Å². The number of benzene rings is 1. The summed E-state index contributed by atoms with van der Waals surface area (Å²) >= 11 is 0. The summed E-state index contributed by atoms with van der Waals surface area (Å²) < 4.78 is 9.26. The smallest absolute Gasteiger partial charge is 0.396 e. The summed E-state index contributed by atoms with van der Waals surface area (Å²) in [6, 6.07) is 6.77. The van der Waals surface area contributed by atoms with E-state index in [0.717, 1.165) is 7.11 Å². The molecular weight excluding hydrogens is 198 g/mol. The van der Waals surface area contributed by atoms with Gasteiger partial charge in [0.25, 0.3) is 0 Å². The second-order valence-corrected chi connectivity index (χ2v) is 2.65. The summed E-state index contributed by atoms with van der Waals surface area (Å²) in [5.41, 5.74) is 0.426. The van der Waals surface area contributed by atoms with Gasteiger partial charge in [0.15, 0.2) is 0 Å². The van der Waals surface area contributed by atoms with E-state index in [0.29, 0.717) is 11.4 Å². The standard InChI is InChI=1S/C10H11NO4/c1-14-8-6-4-3-5-7(8)11-9(12)10(13)15-2/h3-6H,1-2H3,(H,11,12). The molecule has 0 aliphatic heterocycles. The number of nitrogens with one attached hydrogen (secondary N) is 1. The van der Waals surface area contributed by atoms with Gasteiger partial charge >= 0.3 is 11.9 Å². The number of rotatable bonds is 2. The van der Waals surface area contributed by atoms with E-state index in [2.05, 4.69) is 10.1 Å². The minimum Gasteiger partial charge on any atom is -0.495 e. The van der Waals surface area contributed by atoms with Crippen LogP contribution >= 0.6 is 0 Å². The second kappa shape index (κ2) is 4.99. The fourth-order valence-corrected chi connectivity index (χ4v) is 1.01. The molecule has 5 heteroatoms. The van der Waals surface area contributed by atoms with Crippen LogP contribution < -0.4 is 10.1 Å². The summed E-state index contributed by atoms with van der Waals surface area (Å²) in [6.07, 6.45) is 0. The zero-order valence-electron chi connectivity index (χ0n) is 8.44. The summed E-state index contributed by atoms with van der Waals surface area (Å²) in [5.74, 6) is -1.29. The molecule has 0 aliphatic carbocycles. The van der Waals surface area contributed by atoms with E-state index in [1.54, 1.807) is 24.3 Å². The van der Waals surface area contributed by atoms with Crippen LogP contribution in [0.2, 0.25) is 0 Å². The summed E-state index contributed by atoms with van der Waals surface area (Å²) in [6.45, 7) is 0. The van der Waals surface area contributed by atoms with Crippen LogP contribution in [0.25, 0.3) is 0 Å². The average molecular weight is 209 g/mol. The maximum Gasteiger partial charge on any atom is 0.396 e. The molecule has 1 aromatic rings. The number of carbonyl (C=O) groups excluding carboxylic acids is 2. The Kier molecular flexibility index (Phi) is 3.68. The normalized spacial score (nSPS) is 9.20. The first-order valence-corrected chi connectivity index (χ1v) is 4.21. The van der Waals surface area contributed by atoms with Crippen molar-refractivity contribution in [3.8, 4) is 5.75 Å². The molecule has 0 aromatic heterocycles. The zero-order chi connectivity index (χ0) is 11.3. The molecule has 0 atom stereocenters. The predicted molar refractivity (Wildman–Crippen MR) is 53.6 cm³/mol. The first-order chi connectivity index (χ1) is 7.19. The molecule has 0 aliphatic rings. The van der Waals surface area contributed by atoms with Crippen LogP contribution in [0, 0.1) is 0 Å². The van der Waals surface area contributed by atoms with Crippen molar-refractivity contribution in [3.05, 3.63) is 24.3 Å². The third-order valence-electron chi connectivity index (χ3n) is 1.73. The lowest BCUT2D eigenvalue weighted by molar-refractivity contribution is -0.150. The molecule has 0 bridgehead atoms. The minimum atomic E-state index is -0.944. The van der Waals surface area contributed by atoms with Crippen LogP contribution in [0.5, 0.6) is 5.75 Å². The molecule has 0 radical (unpaired) electrons. The maximum atomic E-state index is 11.2. The molecule has 0 saturated carbocycles. The van der Waals surface area contributed by atoms with E-state index >= 15 is 0 Å². The largest absolute Gasteiger partial charge is 0.495 e. The first-order valence-electron chi connectivity index (χ1n) is 4.21. The van der Waals surface area contributed by atoms with Crippen molar-refractivity contribution < 1.29 is 19.1 Å². The Morgan fingerprint density at radius 2 is 1.87 bits per heavy atom. The molecule has 1 rings (SSSR count). The van der Waals surface area contributed by atoms with Gasteiger partial charge in [0.1, 0.15) is 5.75 Å². The quantitative estimate of drug-likeness (QED) is 0.578. The van der Waals surface area contributed by atoms with Crippen LogP contribution in [0.15, 0.2) is 24.3 Å². The lowest BCUT2D eigenvalue weighted by atomic mass is 10.3. The fourth-order valence-electron chi connectivity index (χ4n) is 1.01. The highest BCUT2D eigenvalue weighted by molar-refractivity contribution is 6.37. The molecule has 15 heavy (non-hydrogen) atoms. The molecule has 0 spiro atoms. The van der Waals surface area contributed by atoms with E-state index < -0.39 is 11.9 Å². The number of carbonyl (C=O) groups is 2. The van der Waals surface area contributed by atoms with Gasteiger partial charge in [0.05, 0.1) is 19.9 Å². The van der Waals surface area contributed by atoms with E-state index in [1.807, 2.05) is 0 Å². The number of hydrogen-bond donors (Lipinski definition) is 1. The lowest BCUT2D eigenvalue weighted by Gasteiger charge is -2.08. The molecule has 80 valence electrons. The van der Waals surface area contributed by atoms with Gasteiger partial charge in [-0.25, -0.2) is 4.79 Å². The van der Waals surface area contributed by atoms with Crippen LogP contribution in [0.4, 0.5) is 5.69 Å². The van der Waals surface area contributed by atoms with Crippen molar-refractivity contribution in [3.63, 3.8) is 0 Å². The first kappa shape index (κ1) is 11.0. The highest BCUT2D eigenvalue weighted by atomic mass is 16.5.